The van der Waals surface area contributed by atoms with Gasteiger partial charge in [0.1, 0.15) is 0 Å². The number of amides is 1. The van der Waals surface area contributed by atoms with Crippen LogP contribution in [0.5, 0.6) is 0 Å². The molecule has 1 amide bonds. The van der Waals surface area contributed by atoms with Crippen molar-refractivity contribution in [1.82, 2.24) is 25.0 Å². The summed E-state index contributed by atoms with van der Waals surface area (Å²) >= 11 is 0. The summed E-state index contributed by atoms with van der Waals surface area (Å²) in [4.78, 5) is 20.9. The van der Waals surface area contributed by atoms with Gasteiger partial charge in [-0.2, -0.15) is 0 Å². The third-order valence-corrected chi connectivity index (χ3v) is 4.66. The number of piperidine rings is 1. The number of imidazole rings is 1. The van der Waals surface area contributed by atoms with Gasteiger partial charge in [-0.3, -0.25) is 9.20 Å². The molecule has 0 radical (unpaired) electrons. The van der Waals surface area contributed by atoms with Gasteiger partial charge in [-0.05, 0) is 49.1 Å². The molecule has 1 fully saturated rings. The number of carbonyl (C=O) groups excluding carboxylic acids is 1. The van der Waals surface area contributed by atoms with Crippen molar-refractivity contribution in [3.63, 3.8) is 0 Å². The molecule has 0 saturated carbocycles. The van der Waals surface area contributed by atoms with Gasteiger partial charge >= 0.3 is 0 Å². The lowest BCUT2D eigenvalue weighted by Gasteiger charge is -2.23. The quantitative estimate of drug-likeness (QED) is 0.766. The molecule has 0 spiro atoms. The first-order valence-electron chi connectivity index (χ1n) is 8.67. The molecule has 2 N–H and O–H groups in total. The fourth-order valence-electron chi connectivity index (χ4n) is 3.28. The van der Waals surface area contributed by atoms with Crippen LogP contribution in [0.4, 0.5) is 0 Å². The van der Waals surface area contributed by atoms with Crippen LogP contribution in [-0.4, -0.2) is 33.4 Å². The maximum Gasteiger partial charge on any atom is 0.251 e. The van der Waals surface area contributed by atoms with Gasteiger partial charge in [0.05, 0.1) is 12.2 Å². The summed E-state index contributed by atoms with van der Waals surface area (Å²) in [7, 11) is 0. The molecule has 25 heavy (non-hydrogen) atoms. The molecule has 1 atom stereocenters. The van der Waals surface area contributed by atoms with Crippen LogP contribution in [0.1, 0.15) is 40.4 Å². The number of rotatable bonds is 4. The number of hydrogen-bond acceptors (Lipinski definition) is 4. The molecule has 1 aromatic carbocycles. The molecule has 0 aliphatic carbocycles. The van der Waals surface area contributed by atoms with Crippen LogP contribution in [0.3, 0.4) is 0 Å². The molecule has 4 rings (SSSR count). The summed E-state index contributed by atoms with van der Waals surface area (Å²) in [5, 5.41) is 6.35. The minimum absolute atomic E-state index is 0.0849. The maximum absolute atomic E-state index is 12.3. The average Bonchev–Trinajstić information content (AvgIpc) is 3.10. The molecule has 128 valence electrons. The van der Waals surface area contributed by atoms with Crippen molar-refractivity contribution in [2.75, 3.05) is 13.1 Å². The zero-order valence-corrected chi connectivity index (χ0v) is 14.0. The number of aromatic nitrogens is 3. The van der Waals surface area contributed by atoms with Crippen molar-refractivity contribution >= 4 is 11.7 Å². The Morgan fingerprint density at radius 1 is 1.32 bits per heavy atom. The molecule has 1 aliphatic rings. The molecular formula is C19H21N5O. The van der Waals surface area contributed by atoms with E-state index < -0.39 is 0 Å². The standard InChI is InChI=1S/C19H21N5O/c25-18(22-12-17-13-24-10-2-9-21-19(24)23-17)15-6-4-14(5-7-15)16-3-1-8-20-11-16/h2,4-7,9-10,13,16,20H,1,3,8,11-12H2,(H,22,25). The van der Waals surface area contributed by atoms with E-state index in [0.29, 0.717) is 23.8 Å². The van der Waals surface area contributed by atoms with Crippen LogP contribution >= 0.6 is 0 Å². The number of nitrogens with one attached hydrogen (secondary N) is 2. The smallest absolute Gasteiger partial charge is 0.251 e. The summed E-state index contributed by atoms with van der Waals surface area (Å²) in [6, 6.07) is 9.80. The highest BCUT2D eigenvalue weighted by atomic mass is 16.1. The van der Waals surface area contributed by atoms with Crippen LogP contribution in [0.25, 0.3) is 5.78 Å². The normalized spacial score (nSPS) is 17.5. The third-order valence-electron chi connectivity index (χ3n) is 4.66. The van der Waals surface area contributed by atoms with Gasteiger partial charge in [0, 0.05) is 30.7 Å². The second kappa shape index (κ2) is 7.03. The van der Waals surface area contributed by atoms with E-state index in [4.69, 9.17) is 0 Å². The molecule has 1 aliphatic heterocycles. The summed E-state index contributed by atoms with van der Waals surface area (Å²) in [5.74, 6) is 1.10. The van der Waals surface area contributed by atoms with E-state index in [1.54, 1.807) is 6.20 Å². The van der Waals surface area contributed by atoms with Gasteiger partial charge < -0.3 is 10.6 Å². The number of benzene rings is 1. The molecule has 0 bridgehead atoms. The van der Waals surface area contributed by atoms with E-state index in [1.165, 1.54) is 18.4 Å². The highest BCUT2D eigenvalue weighted by Gasteiger charge is 2.15. The van der Waals surface area contributed by atoms with Crippen molar-refractivity contribution in [1.29, 1.82) is 0 Å². The zero-order valence-electron chi connectivity index (χ0n) is 14.0. The van der Waals surface area contributed by atoms with Gasteiger partial charge in [0.15, 0.2) is 0 Å². The van der Waals surface area contributed by atoms with Crippen LogP contribution in [-0.2, 0) is 6.54 Å². The highest BCUT2D eigenvalue weighted by Crippen LogP contribution is 2.23. The first kappa shape index (κ1) is 15.8. The fourth-order valence-corrected chi connectivity index (χ4v) is 3.28. The second-order valence-corrected chi connectivity index (χ2v) is 6.41. The van der Waals surface area contributed by atoms with Crippen LogP contribution < -0.4 is 10.6 Å². The van der Waals surface area contributed by atoms with Gasteiger partial charge in [0.2, 0.25) is 5.78 Å². The third kappa shape index (κ3) is 3.53. The maximum atomic E-state index is 12.3. The van der Waals surface area contributed by atoms with Crippen molar-refractivity contribution in [2.24, 2.45) is 0 Å². The van der Waals surface area contributed by atoms with Crippen molar-refractivity contribution < 1.29 is 4.79 Å². The van der Waals surface area contributed by atoms with E-state index in [1.807, 2.05) is 35.0 Å². The van der Waals surface area contributed by atoms with E-state index in [-0.39, 0.29) is 5.91 Å². The lowest BCUT2D eigenvalue weighted by atomic mass is 9.91. The molecule has 1 saturated heterocycles. The Balaban J connectivity index is 1.38. The Hall–Kier alpha value is -2.73. The molecule has 2 aromatic heterocycles. The Morgan fingerprint density at radius 3 is 2.96 bits per heavy atom. The van der Waals surface area contributed by atoms with E-state index >= 15 is 0 Å². The average molecular weight is 335 g/mol. The van der Waals surface area contributed by atoms with Gasteiger partial charge in [0.25, 0.3) is 5.91 Å². The predicted molar refractivity (Wildman–Crippen MR) is 95.4 cm³/mol. The highest BCUT2D eigenvalue weighted by molar-refractivity contribution is 5.94. The molecule has 3 heterocycles. The van der Waals surface area contributed by atoms with Crippen molar-refractivity contribution in [3.05, 3.63) is 65.7 Å². The number of nitrogens with zero attached hydrogens (tertiary/aromatic N) is 3. The largest absolute Gasteiger partial charge is 0.346 e. The lowest BCUT2D eigenvalue weighted by Crippen LogP contribution is -2.28. The molecule has 1 unspecified atom stereocenters. The SMILES string of the molecule is O=C(NCc1cn2cccnc2n1)c1ccc(C2CCCNC2)cc1. The van der Waals surface area contributed by atoms with Crippen molar-refractivity contribution in [2.45, 2.75) is 25.3 Å². The van der Waals surface area contributed by atoms with E-state index in [0.717, 1.165) is 18.8 Å². The fraction of sp³-hybridized carbons (Fsp3) is 0.316. The topological polar surface area (TPSA) is 71.3 Å². The first-order valence-corrected chi connectivity index (χ1v) is 8.67. The lowest BCUT2D eigenvalue weighted by molar-refractivity contribution is 0.0950. The summed E-state index contributed by atoms with van der Waals surface area (Å²) < 4.78 is 1.84. The number of carbonyl (C=O) groups is 1. The van der Waals surface area contributed by atoms with Crippen LogP contribution in [0.15, 0.2) is 48.9 Å². The van der Waals surface area contributed by atoms with Crippen molar-refractivity contribution in [3.8, 4) is 0 Å². The molecular weight excluding hydrogens is 314 g/mol. The molecule has 3 aromatic rings. The zero-order chi connectivity index (χ0) is 17.1. The van der Waals surface area contributed by atoms with Crippen LogP contribution in [0, 0.1) is 0 Å². The molecule has 6 heteroatoms. The predicted octanol–water partition coefficient (Wildman–Crippen LogP) is 2.13. The first-order chi connectivity index (χ1) is 12.3. The van der Waals surface area contributed by atoms with Crippen LogP contribution in [0.2, 0.25) is 0 Å². The second-order valence-electron chi connectivity index (χ2n) is 6.41. The summed E-state index contributed by atoms with van der Waals surface area (Å²) in [6.45, 7) is 2.51. The molecule has 6 nitrogen and oxygen atoms in total. The summed E-state index contributed by atoms with van der Waals surface area (Å²) in [6.07, 6.45) is 7.89. The Morgan fingerprint density at radius 2 is 2.20 bits per heavy atom. The Labute approximate surface area is 146 Å². The van der Waals surface area contributed by atoms with Gasteiger partial charge in [-0.15, -0.1) is 0 Å². The van der Waals surface area contributed by atoms with E-state index in [2.05, 4.69) is 32.7 Å². The van der Waals surface area contributed by atoms with E-state index in [9.17, 15) is 4.79 Å². The minimum atomic E-state index is -0.0849. The minimum Gasteiger partial charge on any atom is -0.346 e. The number of fused-ring (bicyclic) bond motifs is 1. The summed E-state index contributed by atoms with van der Waals surface area (Å²) in [5.41, 5.74) is 2.77. The Kier molecular flexibility index (Phi) is 4.43. The number of hydrogen-bond donors (Lipinski definition) is 2. The Bertz CT molecular complexity index is 832. The monoisotopic (exact) mass is 335 g/mol. The van der Waals surface area contributed by atoms with Gasteiger partial charge in [-0.1, -0.05) is 12.1 Å². The van der Waals surface area contributed by atoms with Gasteiger partial charge in [-0.25, -0.2) is 9.97 Å².